The van der Waals surface area contributed by atoms with Crippen molar-refractivity contribution in [1.29, 1.82) is 0 Å². The van der Waals surface area contributed by atoms with E-state index in [1.54, 1.807) is 54.6 Å². The molecular formula is C27H16BrCl2F3N6O2. The molecule has 0 bridgehead atoms. The molecule has 0 radical (unpaired) electrons. The molecule has 6 rings (SSSR count). The smallest absolute Gasteiger partial charge is 0.403 e. The van der Waals surface area contributed by atoms with Gasteiger partial charge in [0.1, 0.15) is 11.2 Å². The van der Waals surface area contributed by atoms with E-state index >= 15 is 0 Å². The molecule has 0 aliphatic heterocycles. The van der Waals surface area contributed by atoms with Crippen LogP contribution in [0, 0.1) is 0 Å². The van der Waals surface area contributed by atoms with E-state index in [-0.39, 0.29) is 46.5 Å². The molecule has 1 aliphatic rings. The zero-order valence-electron chi connectivity index (χ0n) is 20.6. The third-order valence-electron chi connectivity index (χ3n) is 6.60. The Morgan fingerprint density at radius 2 is 1.80 bits per heavy atom. The van der Waals surface area contributed by atoms with Crippen LogP contribution in [0.5, 0.6) is 0 Å². The van der Waals surface area contributed by atoms with Crippen molar-refractivity contribution in [3.8, 4) is 28.5 Å². The molecule has 1 amide bonds. The number of nitrogens with zero attached hydrogens (tertiary/aromatic N) is 5. The molecule has 3 heterocycles. The summed E-state index contributed by atoms with van der Waals surface area (Å²) in [6, 6.07) is 16.7. The second kappa shape index (κ2) is 10.3. The Labute approximate surface area is 248 Å². The van der Waals surface area contributed by atoms with Crippen LogP contribution in [0.15, 0.2) is 75.8 Å². The van der Waals surface area contributed by atoms with Crippen LogP contribution in [0.25, 0.3) is 28.5 Å². The van der Waals surface area contributed by atoms with E-state index in [4.69, 9.17) is 27.6 Å². The number of alkyl halides is 3. The lowest BCUT2D eigenvalue weighted by Crippen LogP contribution is -2.28. The van der Waals surface area contributed by atoms with Gasteiger partial charge in [-0.1, -0.05) is 57.3 Å². The van der Waals surface area contributed by atoms with Crippen molar-refractivity contribution in [1.82, 2.24) is 25.0 Å². The molecule has 0 saturated heterocycles. The van der Waals surface area contributed by atoms with Crippen LogP contribution < -0.4 is 5.32 Å². The number of carbonyl (C=O) groups is 1. The van der Waals surface area contributed by atoms with Crippen molar-refractivity contribution in [3.63, 3.8) is 0 Å². The highest BCUT2D eigenvalue weighted by Crippen LogP contribution is 2.58. The van der Waals surface area contributed by atoms with E-state index in [0.29, 0.717) is 16.3 Å². The number of carbonyl (C=O) groups excluding carboxylic acids is 1. The number of amides is 1. The first-order valence-electron chi connectivity index (χ1n) is 12.1. The fourth-order valence-corrected chi connectivity index (χ4v) is 5.11. The van der Waals surface area contributed by atoms with Crippen molar-refractivity contribution in [3.05, 3.63) is 92.8 Å². The molecule has 0 spiro atoms. The van der Waals surface area contributed by atoms with Crippen LogP contribution in [0.2, 0.25) is 10.0 Å². The number of hydrogen-bond donors (Lipinski definition) is 1. The summed E-state index contributed by atoms with van der Waals surface area (Å²) in [5.41, 5.74) is -1.25. The van der Waals surface area contributed by atoms with Gasteiger partial charge < -0.3 is 9.73 Å². The van der Waals surface area contributed by atoms with Crippen LogP contribution in [0.1, 0.15) is 29.1 Å². The number of hydrogen-bond acceptors (Lipinski definition) is 6. The van der Waals surface area contributed by atoms with Gasteiger partial charge in [0.2, 0.25) is 5.89 Å². The SMILES string of the molecule is O=C(Nc1ccccn1)c1c(-c2nnc(C3(C(F)(F)F)CC3)o2)nn(-c2ccc(Cl)cc2Cl)c1-c1ccc(Br)cc1. The average Bonchev–Trinajstić information content (AvgIpc) is 3.46. The highest BCUT2D eigenvalue weighted by molar-refractivity contribution is 9.10. The van der Waals surface area contributed by atoms with E-state index in [9.17, 15) is 18.0 Å². The van der Waals surface area contributed by atoms with Crippen molar-refractivity contribution in [2.24, 2.45) is 0 Å². The molecule has 1 N–H and O–H groups in total. The zero-order chi connectivity index (χ0) is 28.9. The fraction of sp³-hybridized carbons (Fsp3) is 0.148. The Balaban J connectivity index is 1.60. The minimum atomic E-state index is -4.57. The molecule has 208 valence electrons. The van der Waals surface area contributed by atoms with E-state index in [1.807, 2.05) is 0 Å². The monoisotopic (exact) mass is 662 g/mol. The molecule has 41 heavy (non-hydrogen) atoms. The molecule has 1 saturated carbocycles. The number of benzene rings is 2. The van der Waals surface area contributed by atoms with Gasteiger partial charge in [-0.25, -0.2) is 9.67 Å². The quantitative estimate of drug-likeness (QED) is 0.198. The van der Waals surface area contributed by atoms with E-state index in [2.05, 4.69) is 41.5 Å². The van der Waals surface area contributed by atoms with Gasteiger partial charge in [0.05, 0.1) is 22.0 Å². The Morgan fingerprint density at radius 1 is 1.05 bits per heavy atom. The summed E-state index contributed by atoms with van der Waals surface area (Å²) >= 11 is 16.1. The van der Waals surface area contributed by atoms with Crippen LogP contribution in [0.3, 0.4) is 0 Å². The predicted molar refractivity (Wildman–Crippen MR) is 149 cm³/mol. The number of pyridine rings is 1. The molecule has 14 heteroatoms. The van der Waals surface area contributed by atoms with Gasteiger partial charge in [-0.05, 0) is 55.3 Å². The van der Waals surface area contributed by atoms with Gasteiger partial charge in [0.25, 0.3) is 11.8 Å². The molecule has 2 aromatic carbocycles. The van der Waals surface area contributed by atoms with Crippen molar-refractivity contribution < 1.29 is 22.4 Å². The zero-order valence-corrected chi connectivity index (χ0v) is 23.7. The number of halogens is 6. The van der Waals surface area contributed by atoms with Crippen molar-refractivity contribution >= 4 is 50.9 Å². The van der Waals surface area contributed by atoms with Gasteiger partial charge in [-0.3, -0.25) is 4.79 Å². The molecule has 0 unspecified atom stereocenters. The number of nitrogens with one attached hydrogen (secondary N) is 1. The van der Waals surface area contributed by atoms with Crippen LogP contribution in [0.4, 0.5) is 19.0 Å². The van der Waals surface area contributed by atoms with E-state index in [1.165, 1.54) is 16.9 Å². The highest BCUT2D eigenvalue weighted by Gasteiger charge is 2.68. The van der Waals surface area contributed by atoms with Crippen molar-refractivity contribution in [2.45, 2.75) is 24.4 Å². The first-order chi connectivity index (χ1) is 19.6. The first-order valence-corrected chi connectivity index (χ1v) is 13.6. The lowest BCUT2D eigenvalue weighted by molar-refractivity contribution is -0.165. The number of rotatable bonds is 6. The second-order valence-electron chi connectivity index (χ2n) is 9.25. The molecule has 8 nitrogen and oxygen atoms in total. The lowest BCUT2D eigenvalue weighted by atomic mass is 10.0. The Kier molecular flexibility index (Phi) is 6.87. The predicted octanol–water partition coefficient (Wildman–Crippen LogP) is 7.90. The molecule has 1 fully saturated rings. The third kappa shape index (κ3) is 5.00. The van der Waals surface area contributed by atoms with Gasteiger partial charge in [-0.15, -0.1) is 10.2 Å². The summed E-state index contributed by atoms with van der Waals surface area (Å²) in [5.74, 6) is -1.36. The lowest BCUT2D eigenvalue weighted by Gasteiger charge is -2.14. The minimum absolute atomic E-state index is 0.0453. The molecule has 5 aromatic rings. The summed E-state index contributed by atoms with van der Waals surface area (Å²) in [6.45, 7) is 0. The second-order valence-corrected chi connectivity index (χ2v) is 11.0. The van der Waals surface area contributed by atoms with E-state index < -0.39 is 23.4 Å². The van der Waals surface area contributed by atoms with Gasteiger partial charge in [0.15, 0.2) is 5.69 Å². The van der Waals surface area contributed by atoms with Gasteiger partial charge >= 0.3 is 6.18 Å². The molecule has 0 atom stereocenters. The fourth-order valence-electron chi connectivity index (χ4n) is 4.36. The summed E-state index contributed by atoms with van der Waals surface area (Å²) in [4.78, 5) is 18.0. The number of aromatic nitrogens is 5. The first kappa shape index (κ1) is 27.4. The van der Waals surface area contributed by atoms with E-state index in [0.717, 1.165) is 4.47 Å². The Hall–Kier alpha value is -3.74. The van der Waals surface area contributed by atoms with Crippen LogP contribution in [-0.2, 0) is 5.41 Å². The number of anilines is 1. The van der Waals surface area contributed by atoms with Gasteiger partial charge in [-0.2, -0.15) is 18.3 Å². The van der Waals surface area contributed by atoms with Gasteiger partial charge in [0, 0.05) is 21.3 Å². The maximum absolute atomic E-state index is 13.9. The highest BCUT2D eigenvalue weighted by atomic mass is 79.9. The third-order valence-corrected chi connectivity index (χ3v) is 7.67. The molecule has 1 aliphatic carbocycles. The summed E-state index contributed by atoms with van der Waals surface area (Å²) < 4.78 is 49.2. The molecule has 3 aromatic heterocycles. The van der Waals surface area contributed by atoms with Crippen LogP contribution >= 0.6 is 39.1 Å². The minimum Gasteiger partial charge on any atom is -0.418 e. The Bertz CT molecular complexity index is 1770. The standard InChI is InChI=1S/C27H16BrCl2F3N6O2/c28-15-6-4-14(5-7-15)22-20(23(40)35-19-3-1-2-12-34-19)21(38-39(22)18-9-8-16(29)13-17(18)30)24-36-37-25(41-24)26(10-11-26)27(31,32)33/h1-9,12-13H,10-11H2,(H,34,35,40). The maximum atomic E-state index is 13.9. The summed E-state index contributed by atoms with van der Waals surface area (Å²) in [6.07, 6.45) is -3.43. The van der Waals surface area contributed by atoms with Crippen molar-refractivity contribution in [2.75, 3.05) is 5.32 Å². The summed E-state index contributed by atoms with van der Waals surface area (Å²) in [7, 11) is 0. The Morgan fingerprint density at radius 3 is 2.44 bits per heavy atom. The summed E-state index contributed by atoms with van der Waals surface area (Å²) in [5, 5.41) is 15.5. The topological polar surface area (TPSA) is 98.7 Å². The maximum Gasteiger partial charge on any atom is 0.403 e. The molecular weight excluding hydrogens is 648 g/mol. The normalized spacial score (nSPS) is 14.2. The largest absolute Gasteiger partial charge is 0.418 e. The average molecular weight is 664 g/mol. The van der Waals surface area contributed by atoms with Crippen LogP contribution in [-0.4, -0.2) is 37.0 Å².